The number of carboxylic acid groups (broad SMARTS) is 2. The first-order valence-electron chi connectivity index (χ1n) is 13.4. The van der Waals surface area contributed by atoms with Gasteiger partial charge in [-0.05, 0) is 18.6 Å². The molecule has 5 rings (SSSR count). The predicted molar refractivity (Wildman–Crippen MR) is 157 cm³/mol. The molecule has 1 fully saturated rings. The molecule has 2 N–H and O–H groups in total. The summed E-state index contributed by atoms with van der Waals surface area (Å²) in [5.74, 6) is -5.81. The van der Waals surface area contributed by atoms with Crippen molar-refractivity contribution in [2.75, 3.05) is 27.4 Å². The minimum absolute atomic E-state index is 0.0378. The van der Waals surface area contributed by atoms with Crippen molar-refractivity contribution in [3.8, 4) is 23.0 Å². The number of aliphatic carboxylic acids is 2. The maximum absolute atomic E-state index is 15.5. The summed E-state index contributed by atoms with van der Waals surface area (Å²) in [6, 6.07) is 5.83. The Hall–Kier alpha value is -4.30. The van der Waals surface area contributed by atoms with Crippen LogP contribution in [-0.2, 0) is 9.59 Å². The smallest absolute Gasteiger partial charge is 0.307 e. The molecular weight excluding hydrogens is 622 g/mol. The number of halogens is 2. The molecule has 0 unspecified atom stereocenters. The minimum atomic E-state index is -1.10. The van der Waals surface area contributed by atoms with E-state index in [9.17, 15) is 19.2 Å². The van der Waals surface area contributed by atoms with E-state index < -0.39 is 41.2 Å². The van der Waals surface area contributed by atoms with Gasteiger partial charge in [0.15, 0.2) is 46.2 Å². The van der Waals surface area contributed by atoms with Gasteiger partial charge in [-0.15, -0.1) is 22.7 Å². The molecule has 1 aliphatic carbocycles. The van der Waals surface area contributed by atoms with Crippen LogP contribution < -0.4 is 18.9 Å². The fourth-order valence-corrected chi connectivity index (χ4v) is 6.86. The molecule has 0 radical (unpaired) electrons. The number of Topliss-reactive ketones (excluding diaryl/α,β-unsaturated/α-hetero) is 2. The summed E-state index contributed by atoms with van der Waals surface area (Å²) >= 11 is 2.08. The Morgan fingerprint density at radius 2 is 1.32 bits per heavy atom. The zero-order valence-electron chi connectivity index (χ0n) is 23.4. The molecule has 1 aliphatic rings. The van der Waals surface area contributed by atoms with Gasteiger partial charge in [0, 0.05) is 51.1 Å². The Balaban J connectivity index is 1.25. The lowest BCUT2D eigenvalue weighted by molar-refractivity contribution is -0.139. The van der Waals surface area contributed by atoms with E-state index in [1.807, 2.05) is 0 Å². The SMILES string of the molecule is COc1cc2sc(C(=O)CCC(=O)O)cc2c(F)c1OCCCOc1c(OC)cc2sc(C(=O)[C@@H]3C[C@H]3C(=O)O)cc2c1F. The highest BCUT2D eigenvalue weighted by Crippen LogP contribution is 2.45. The molecule has 1 saturated carbocycles. The van der Waals surface area contributed by atoms with Crippen molar-refractivity contribution in [3.63, 3.8) is 0 Å². The van der Waals surface area contributed by atoms with Crippen LogP contribution in [0, 0.1) is 23.5 Å². The highest BCUT2D eigenvalue weighted by Gasteiger charge is 2.48. The Kier molecular flexibility index (Phi) is 9.02. The summed E-state index contributed by atoms with van der Waals surface area (Å²) in [6.07, 6.45) is -0.0728. The van der Waals surface area contributed by atoms with E-state index in [2.05, 4.69) is 0 Å². The fourth-order valence-electron chi connectivity index (χ4n) is 4.72. The van der Waals surface area contributed by atoms with Crippen molar-refractivity contribution >= 4 is 66.4 Å². The second-order valence-corrected chi connectivity index (χ2v) is 12.2. The van der Waals surface area contributed by atoms with Crippen molar-refractivity contribution in [1.29, 1.82) is 0 Å². The lowest BCUT2D eigenvalue weighted by atomic mass is 10.1. The summed E-state index contributed by atoms with van der Waals surface area (Å²) in [5.41, 5.74) is 0. The summed E-state index contributed by atoms with van der Waals surface area (Å²) in [7, 11) is 2.69. The third-order valence-corrected chi connectivity index (χ3v) is 9.33. The van der Waals surface area contributed by atoms with Crippen LogP contribution in [0.4, 0.5) is 8.78 Å². The molecular formula is C30H26F2O10S2. The lowest BCUT2D eigenvalue weighted by Crippen LogP contribution is -2.08. The monoisotopic (exact) mass is 648 g/mol. The van der Waals surface area contributed by atoms with Crippen LogP contribution in [0.5, 0.6) is 23.0 Å². The number of benzene rings is 2. The Labute approximate surface area is 256 Å². The molecule has 0 amide bonds. The summed E-state index contributed by atoms with van der Waals surface area (Å²) in [4.78, 5) is 47.5. The van der Waals surface area contributed by atoms with E-state index in [0.717, 1.165) is 22.7 Å². The Morgan fingerprint density at radius 3 is 1.80 bits per heavy atom. The van der Waals surface area contributed by atoms with Gasteiger partial charge in [0.2, 0.25) is 0 Å². The molecule has 4 aromatic rings. The van der Waals surface area contributed by atoms with Gasteiger partial charge >= 0.3 is 11.9 Å². The number of carbonyl (C=O) groups excluding carboxylic acids is 2. The summed E-state index contributed by atoms with van der Waals surface area (Å²) in [6.45, 7) is -0.0767. The number of carboxylic acids is 2. The largest absolute Gasteiger partial charge is 0.493 e. The highest BCUT2D eigenvalue weighted by atomic mass is 32.1. The number of methoxy groups -OCH3 is 2. The van der Waals surface area contributed by atoms with E-state index in [4.69, 9.17) is 29.2 Å². The van der Waals surface area contributed by atoms with E-state index in [1.165, 1.54) is 32.4 Å². The van der Waals surface area contributed by atoms with Crippen molar-refractivity contribution in [2.24, 2.45) is 11.8 Å². The number of thiophene rings is 2. The van der Waals surface area contributed by atoms with Gasteiger partial charge in [0.1, 0.15) is 0 Å². The summed E-state index contributed by atoms with van der Waals surface area (Å²) in [5, 5.41) is 18.2. The van der Waals surface area contributed by atoms with Crippen LogP contribution in [0.15, 0.2) is 24.3 Å². The number of carbonyl (C=O) groups is 4. The second kappa shape index (κ2) is 12.7. The molecule has 0 bridgehead atoms. The van der Waals surface area contributed by atoms with Gasteiger partial charge < -0.3 is 29.2 Å². The number of hydrogen-bond acceptors (Lipinski definition) is 10. The number of fused-ring (bicyclic) bond motifs is 2. The Bertz CT molecular complexity index is 1790. The fraction of sp³-hybridized carbons (Fsp3) is 0.333. The number of hydrogen-bond donors (Lipinski definition) is 2. The normalized spacial score (nSPS) is 15.7. The van der Waals surface area contributed by atoms with E-state index in [0.29, 0.717) is 9.40 Å². The maximum Gasteiger partial charge on any atom is 0.307 e. The lowest BCUT2D eigenvalue weighted by Gasteiger charge is -2.14. The quantitative estimate of drug-likeness (QED) is 0.113. The van der Waals surface area contributed by atoms with Crippen LogP contribution in [0.1, 0.15) is 45.0 Å². The van der Waals surface area contributed by atoms with Gasteiger partial charge in [-0.3, -0.25) is 19.2 Å². The number of ether oxygens (including phenoxy) is 4. The molecule has 2 atom stereocenters. The molecule has 2 heterocycles. The molecule has 0 aliphatic heterocycles. The molecule has 0 saturated heterocycles. The first-order chi connectivity index (χ1) is 21.0. The average Bonchev–Trinajstić information content (AvgIpc) is 3.50. The topological polar surface area (TPSA) is 146 Å². The van der Waals surface area contributed by atoms with Crippen molar-refractivity contribution in [3.05, 3.63) is 45.7 Å². The zero-order valence-corrected chi connectivity index (χ0v) is 25.1. The molecule has 14 heteroatoms. The van der Waals surface area contributed by atoms with Crippen molar-refractivity contribution in [1.82, 2.24) is 0 Å². The number of rotatable bonds is 15. The highest BCUT2D eigenvalue weighted by molar-refractivity contribution is 7.21. The molecule has 2 aromatic heterocycles. The first kappa shape index (κ1) is 31.1. The third kappa shape index (κ3) is 6.17. The van der Waals surface area contributed by atoms with E-state index >= 15 is 8.78 Å². The van der Waals surface area contributed by atoms with Crippen LogP contribution in [-0.4, -0.2) is 61.2 Å². The van der Waals surface area contributed by atoms with Crippen molar-refractivity contribution < 1.29 is 57.1 Å². The van der Waals surface area contributed by atoms with E-state index in [1.54, 1.807) is 6.07 Å². The van der Waals surface area contributed by atoms with Crippen LogP contribution in [0.3, 0.4) is 0 Å². The predicted octanol–water partition coefficient (Wildman–Crippen LogP) is 6.21. The van der Waals surface area contributed by atoms with Crippen LogP contribution >= 0.6 is 22.7 Å². The third-order valence-electron chi connectivity index (χ3n) is 7.11. The van der Waals surface area contributed by atoms with Gasteiger partial charge in [-0.2, -0.15) is 0 Å². The van der Waals surface area contributed by atoms with Gasteiger partial charge in [0.05, 0.1) is 49.5 Å². The average molecular weight is 649 g/mol. The van der Waals surface area contributed by atoms with Crippen molar-refractivity contribution in [2.45, 2.75) is 25.7 Å². The first-order valence-corrected chi connectivity index (χ1v) is 15.0. The Morgan fingerprint density at radius 1 is 0.795 bits per heavy atom. The van der Waals surface area contributed by atoms with E-state index in [-0.39, 0.29) is 88.2 Å². The minimum Gasteiger partial charge on any atom is -0.493 e. The molecule has 232 valence electrons. The maximum atomic E-state index is 15.5. The van der Waals surface area contributed by atoms with Gasteiger partial charge in [-0.1, -0.05) is 0 Å². The van der Waals surface area contributed by atoms with Gasteiger partial charge in [0.25, 0.3) is 0 Å². The molecule has 10 nitrogen and oxygen atoms in total. The molecule has 0 spiro atoms. The van der Waals surface area contributed by atoms with Crippen LogP contribution in [0.25, 0.3) is 20.2 Å². The molecule has 44 heavy (non-hydrogen) atoms. The second-order valence-electron chi connectivity index (χ2n) is 10.0. The summed E-state index contributed by atoms with van der Waals surface area (Å²) < 4.78 is 53.7. The number of ketones is 2. The van der Waals surface area contributed by atoms with Gasteiger partial charge in [-0.25, -0.2) is 8.78 Å². The molecule has 2 aromatic carbocycles. The van der Waals surface area contributed by atoms with Crippen LogP contribution in [0.2, 0.25) is 0 Å². The standard InChI is InChI=1S/C30H26F2O10S2/c1-39-18-11-20-15(9-22(43-20)17(33)4-5-24(34)35)25(31)28(18)41-6-3-7-42-29-19(40-2)12-21-16(26(29)32)10-23(44-21)27(36)13-8-14(13)30(37)38/h9-14H,3-8H2,1-2H3,(H,34,35)(H,37,38)/t13-,14-/m1/s1. The zero-order chi connectivity index (χ0) is 31.7.